The van der Waals surface area contributed by atoms with Gasteiger partial charge in [0, 0.05) is 26.2 Å². The quantitative estimate of drug-likeness (QED) is 0.545. The summed E-state index contributed by atoms with van der Waals surface area (Å²) in [5.74, 6) is 0.152. The summed E-state index contributed by atoms with van der Waals surface area (Å²) < 4.78 is 1.29. The molecule has 8 heteroatoms. The number of nitrogens with zero attached hydrogens (tertiary/aromatic N) is 2. The molecule has 0 aliphatic carbocycles. The van der Waals surface area contributed by atoms with Crippen molar-refractivity contribution >= 4 is 60.7 Å². The first-order valence-electron chi connectivity index (χ1n) is 5.41. The summed E-state index contributed by atoms with van der Waals surface area (Å²) in [5, 5.41) is 14.5. The predicted octanol–water partition coefficient (Wildman–Crippen LogP) is 5.22. The number of anilines is 2. The van der Waals surface area contributed by atoms with E-state index in [9.17, 15) is 10.1 Å². The molecule has 0 atom stereocenters. The molecule has 0 spiro atoms. The van der Waals surface area contributed by atoms with Crippen LogP contribution in [0.4, 0.5) is 17.2 Å². The Bertz CT molecular complexity index is 695. The predicted molar refractivity (Wildman–Crippen MR) is 85.8 cm³/mol. The average Bonchev–Trinajstić information content (AvgIpc) is 2.37. The van der Waals surface area contributed by atoms with Crippen molar-refractivity contribution in [1.82, 2.24) is 4.98 Å². The van der Waals surface area contributed by atoms with Crippen molar-refractivity contribution < 1.29 is 4.92 Å². The lowest BCUT2D eigenvalue weighted by Gasteiger charge is -2.10. The highest BCUT2D eigenvalue weighted by molar-refractivity contribution is 9.10. The first-order chi connectivity index (χ1) is 9.38. The van der Waals surface area contributed by atoms with Crippen LogP contribution in [0.3, 0.4) is 0 Å². The zero-order chi connectivity index (χ0) is 14.9. The number of pyridine rings is 1. The van der Waals surface area contributed by atoms with Crippen LogP contribution in [0.25, 0.3) is 0 Å². The van der Waals surface area contributed by atoms with E-state index in [-0.39, 0.29) is 11.5 Å². The van der Waals surface area contributed by atoms with Crippen molar-refractivity contribution in [3.05, 3.63) is 54.0 Å². The molecule has 1 heterocycles. The van der Waals surface area contributed by atoms with Crippen LogP contribution >= 0.6 is 43.5 Å². The number of hydrogen-bond acceptors (Lipinski definition) is 4. The van der Waals surface area contributed by atoms with E-state index in [1.54, 1.807) is 6.07 Å². The van der Waals surface area contributed by atoms with E-state index in [2.05, 4.69) is 42.2 Å². The SMILES string of the molecule is Cc1cc(Br)c(Nc2ncc(Br)cc2[N+](=O)[O-])cc1Cl. The lowest BCUT2D eigenvalue weighted by molar-refractivity contribution is -0.384. The van der Waals surface area contributed by atoms with Gasteiger partial charge in [0.2, 0.25) is 5.82 Å². The summed E-state index contributed by atoms with van der Waals surface area (Å²) >= 11 is 12.6. The Morgan fingerprint density at radius 1 is 1.35 bits per heavy atom. The number of nitrogens with one attached hydrogen (secondary N) is 1. The third-order valence-electron chi connectivity index (χ3n) is 2.53. The molecule has 2 aromatic rings. The topological polar surface area (TPSA) is 68.1 Å². The van der Waals surface area contributed by atoms with Crippen LogP contribution in [0, 0.1) is 17.0 Å². The Kier molecular flexibility index (Phi) is 4.62. The normalized spacial score (nSPS) is 10.4. The fourth-order valence-corrected chi connectivity index (χ4v) is 2.57. The van der Waals surface area contributed by atoms with E-state index < -0.39 is 4.92 Å². The Labute approximate surface area is 136 Å². The van der Waals surface area contributed by atoms with E-state index in [0.29, 0.717) is 15.2 Å². The van der Waals surface area contributed by atoms with Crippen molar-refractivity contribution in [2.24, 2.45) is 0 Å². The Balaban J connectivity index is 2.45. The lowest BCUT2D eigenvalue weighted by atomic mass is 10.2. The van der Waals surface area contributed by atoms with Gasteiger partial charge in [-0.15, -0.1) is 0 Å². The van der Waals surface area contributed by atoms with Crippen LogP contribution in [0.2, 0.25) is 5.02 Å². The van der Waals surface area contributed by atoms with Crippen molar-refractivity contribution in [2.45, 2.75) is 6.92 Å². The Hall–Kier alpha value is -1.18. The molecule has 0 aliphatic heterocycles. The minimum atomic E-state index is -0.496. The molecule has 0 saturated carbocycles. The highest BCUT2D eigenvalue weighted by Gasteiger charge is 2.17. The number of benzene rings is 1. The van der Waals surface area contributed by atoms with E-state index in [1.807, 2.05) is 13.0 Å². The molecule has 0 saturated heterocycles. The van der Waals surface area contributed by atoms with Crippen LogP contribution in [0.15, 0.2) is 33.3 Å². The maximum atomic E-state index is 11.0. The lowest BCUT2D eigenvalue weighted by Crippen LogP contribution is -2.00. The molecule has 1 aromatic carbocycles. The van der Waals surface area contributed by atoms with Crippen LogP contribution < -0.4 is 5.32 Å². The van der Waals surface area contributed by atoms with Gasteiger partial charge in [0.1, 0.15) is 0 Å². The van der Waals surface area contributed by atoms with Crippen LogP contribution in [0.5, 0.6) is 0 Å². The molecule has 1 N–H and O–H groups in total. The molecule has 0 radical (unpaired) electrons. The minimum absolute atomic E-state index is 0.122. The van der Waals surface area contributed by atoms with Gasteiger partial charge < -0.3 is 5.32 Å². The molecule has 1 aromatic heterocycles. The zero-order valence-corrected chi connectivity index (χ0v) is 14.1. The maximum Gasteiger partial charge on any atom is 0.312 e. The van der Waals surface area contributed by atoms with Crippen molar-refractivity contribution in [3.63, 3.8) is 0 Å². The summed E-state index contributed by atoms with van der Waals surface area (Å²) in [6.07, 6.45) is 1.49. The van der Waals surface area contributed by atoms with Gasteiger partial charge in [-0.05, 0) is 56.5 Å². The van der Waals surface area contributed by atoms with Crippen molar-refractivity contribution in [2.75, 3.05) is 5.32 Å². The van der Waals surface area contributed by atoms with Gasteiger partial charge in [-0.1, -0.05) is 11.6 Å². The van der Waals surface area contributed by atoms with Gasteiger partial charge in [-0.3, -0.25) is 10.1 Å². The number of aryl methyl sites for hydroxylation is 1. The number of nitro groups is 1. The number of rotatable bonds is 3. The maximum absolute atomic E-state index is 11.0. The molecule has 0 bridgehead atoms. The summed E-state index contributed by atoms with van der Waals surface area (Å²) in [6, 6.07) is 4.91. The van der Waals surface area contributed by atoms with Gasteiger partial charge in [0.25, 0.3) is 0 Å². The van der Waals surface area contributed by atoms with Crippen LogP contribution in [-0.4, -0.2) is 9.91 Å². The third-order valence-corrected chi connectivity index (χ3v) is 4.03. The standard InChI is InChI=1S/C12H8Br2ClN3O2/c1-6-2-8(14)10(4-9(6)15)17-12-11(18(19)20)3-7(13)5-16-12/h2-5H,1H3,(H,16,17). The first kappa shape index (κ1) is 15.2. The Morgan fingerprint density at radius 3 is 2.70 bits per heavy atom. The molecular weight excluding hydrogens is 413 g/mol. The summed E-state index contributed by atoms with van der Waals surface area (Å²) in [7, 11) is 0. The number of halogens is 3. The second-order valence-corrected chi connectivity index (χ2v) is 6.16. The second-order valence-electron chi connectivity index (χ2n) is 3.98. The molecule has 0 unspecified atom stereocenters. The monoisotopic (exact) mass is 419 g/mol. The van der Waals surface area contributed by atoms with Gasteiger partial charge in [-0.25, -0.2) is 4.98 Å². The number of hydrogen-bond donors (Lipinski definition) is 1. The van der Waals surface area contributed by atoms with Gasteiger partial charge in [-0.2, -0.15) is 0 Å². The molecule has 104 valence electrons. The second kappa shape index (κ2) is 6.07. The van der Waals surface area contributed by atoms with E-state index in [4.69, 9.17) is 11.6 Å². The fourth-order valence-electron chi connectivity index (χ4n) is 1.53. The van der Waals surface area contributed by atoms with Crippen molar-refractivity contribution in [1.29, 1.82) is 0 Å². The van der Waals surface area contributed by atoms with E-state index in [0.717, 1.165) is 10.0 Å². The summed E-state index contributed by atoms with van der Waals surface area (Å²) in [4.78, 5) is 14.6. The van der Waals surface area contributed by atoms with Crippen LogP contribution in [0.1, 0.15) is 5.56 Å². The highest BCUT2D eigenvalue weighted by Crippen LogP contribution is 2.34. The molecule has 0 amide bonds. The molecule has 20 heavy (non-hydrogen) atoms. The van der Waals surface area contributed by atoms with E-state index >= 15 is 0 Å². The van der Waals surface area contributed by atoms with Gasteiger partial charge in [0.05, 0.1) is 10.6 Å². The highest BCUT2D eigenvalue weighted by atomic mass is 79.9. The third kappa shape index (κ3) is 3.28. The fraction of sp³-hybridized carbons (Fsp3) is 0.0833. The Morgan fingerprint density at radius 2 is 2.05 bits per heavy atom. The largest absolute Gasteiger partial charge is 0.333 e. The molecule has 0 fully saturated rings. The van der Waals surface area contributed by atoms with E-state index in [1.165, 1.54) is 12.3 Å². The summed E-state index contributed by atoms with van der Waals surface area (Å²) in [5.41, 5.74) is 1.39. The smallest absolute Gasteiger partial charge is 0.312 e. The molecule has 5 nitrogen and oxygen atoms in total. The van der Waals surface area contributed by atoms with Gasteiger partial charge >= 0.3 is 5.69 Å². The molecule has 0 aliphatic rings. The molecule has 2 rings (SSSR count). The molecular formula is C12H8Br2ClN3O2. The zero-order valence-electron chi connectivity index (χ0n) is 10.2. The number of aromatic nitrogens is 1. The summed E-state index contributed by atoms with van der Waals surface area (Å²) in [6.45, 7) is 1.87. The average molecular weight is 421 g/mol. The van der Waals surface area contributed by atoms with Crippen molar-refractivity contribution in [3.8, 4) is 0 Å². The minimum Gasteiger partial charge on any atom is -0.333 e. The van der Waals surface area contributed by atoms with Gasteiger partial charge in [0.15, 0.2) is 0 Å². The van der Waals surface area contributed by atoms with Crippen LogP contribution in [-0.2, 0) is 0 Å². The first-order valence-corrected chi connectivity index (χ1v) is 7.37.